The van der Waals surface area contributed by atoms with Crippen molar-refractivity contribution in [3.63, 3.8) is 0 Å². The number of carbonyl (C=O) groups is 1. The van der Waals surface area contributed by atoms with E-state index >= 15 is 0 Å². The zero-order valence-electron chi connectivity index (χ0n) is 9.90. The van der Waals surface area contributed by atoms with Crippen molar-refractivity contribution in [3.05, 3.63) is 38.4 Å². The maximum Gasteiger partial charge on any atom is 0.306 e. The van der Waals surface area contributed by atoms with Gasteiger partial charge in [-0.05, 0) is 6.07 Å². The number of carbonyl (C=O) groups excluding carboxylic acids is 1. The lowest BCUT2D eigenvalue weighted by molar-refractivity contribution is -0.396. The van der Waals surface area contributed by atoms with Gasteiger partial charge in [0.2, 0.25) is 0 Å². The molecule has 0 aliphatic rings. The largest absolute Gasteiger partial charge is 0.469 e. The average molecular weight is 286 g/mol. The minimum Gasteiger partial charge on any atom is -0.469 e. The first-order valence-electron chi connectivity index (χ1n) is 5.08. The van der Waals surface area contributed by atoms with Gasteiger partial charge in [0.25, 0.3) is 11.4 Å². The fourth-order valence-corrected chi connectivity index (χ4v) is 2.16. The summed E-state index contributed by atoms with van der Waals surface area (Å²) in [5, 5.41) is 21.4. The van der Waals surface area contributed by atoms with Crippen LogP contribution < -0.4 is 0 Å². The molecule has 0 saturated heterocycles. The lowest BCUT2D eigenvalue weighted by Crippen LogP contribution is -2.01. The van der Waals surface area contributed by atoms with Gasteiger partial charge in [-0.25, -0.2) is 0 Å². The van der Waals surface area contributed by atoms with Crippen LogP contribution in [0.1, 0.15) is 6.42 Å². The second kappa shape index (κ2) is 6.69. The molecule has 0 atom stereocenters. The predicted octanol–water partition coefficient (Wildman–Crippen LogP) is 2.16. The predicted molar refractivity (Wildman–Crippen MR) is 67.1 cm³/mol. The number of nitrogens with zero attached hydrogens (tertiary/aromatic N) is 2. The van der Waals surface area contributed by atoms with E-state index in [4.69, 9.17) is 0 Å². The standard InChI is InChI=1S/C10H10N2O6S/c1-18-10(13)4-5-19-9-3-2-7(11(14)15)6-8(9)12(16)17/h2-3,6H,4-5H2,1H3. The molecule has 0 heterocycles. The van der Waals surface area contributed by atoms with Gasteiger partial charge in [-0.2, -0.15) is 0 Å². The number of nitro groups is 2. The molecule has 0 spiro atoms. The van der Waals surface area contributed by atoms with Crippen molar-refractivity contribution in [2.45, 2.75) is 11.3 Å². The summed E-state index contributed by atoms with van der Waals surface area (Å²) in [6.45, 7) is 0. The number of hydrogen-bond acceptors (Lipinski definition) is 7. The molecule has 9 heteroatoms. The molecule has 102 valence electrons. The second-order valence-corrected chi connectivity index (χ2v) is 4.48. The Kier molecular flexibility index (Phi) is 5.24. The van der Waals surface area contributed by atoms with Crippen molar-refractivity contribution in [2.75, 3.05) is 12.9 Å². The SMILES string of the molecule is COC(=O)CCSc1ccc([N+](=O)[O-])cc1[N+](=O)[O-]. The van der Waals surface area contributed by atoms with Crippen LogP contribution in [0.3, 0.4) is 0 Å². The molecule has 0 N–H and O–H groups in total. The van der Waals surface area contributed by atoms with Gasteiger partial charge in [0.1, 0.15) is 0 Å². The smallest absolute Gasteiger partial charge is 0.306 e. The van der Waals surface area contributed by atoms with Gasteiger partial charge < -0.3 is 4.74 Å². The van der Waals surface area contributed by atoms with Crippen molar-refractivity contribution in [1.29, 1.82) is 0 Å². The molecule has 0 radical (unpaired) electrons. The lowest BCUT2D eigenvalue weighted by atomic mass is 10.3. The van der Waals surface area contributed by atoms with E-state index in [1.54, 1.807) is 0 Å². The summed E-state index contributed by atoms with van der Waals surface area (Å²) in [5.41, 5.74) is -0.687. The van der Waals surface area contributed by atoms with Gasteiger partial charge in [0, 0.05) is 11.8 Å². The summed E-state index contributed by atoms with van der Waals surface area (Å²) in [4.78, 5) is 31.2. The van der Waals surface area contributed by atoms with E-state index in [9.17, 15) is 25.0 Å². The van der Waals surface area contributed by atoms with E-state index < -0.39 is 15.8 Å². The first-order valence-corrected chi connectivity index (χ1v) is 6.06. The molecule has 0 unspecified atom stereocenters. The lowest BCUT2D eigenvalue weighted by Gasteiger charge is -2.02. The highest BCUT2D eigenvalue weighted by molar-refractivity contribution is 7.99. The highest BCUT2D eigenvalue weighted by Gasteiger charge is 2.19. The van der Waals surface area contributed by atoms with Gasteiger partial charge in [-0.3, -0.25) is 25.0 Å². The topological polar surface area (TPSA) is 113 Å². The Hall–Kier alpha value is -2.16. The van der Waals surface area contributed by atoms with Gasteiger partial charge in [-0.15, -0.1) is 11.8 Å². The Labute approximate surface area is 112 Å². The minimum atomic E-state index is -0.699. The number of rotatable bonds is 6. The van der Waals surface area contributed by atoms with Gasteiger partial charge in [0.15, 0.2) is 0 Å². The van der Waals surface area contributed by atoms with Crippen molar-refractivity contribution >= 4 is 29.1 Å². The average Bonchev–Trinajstić information content (AvgIpc) is 2.38. The summed E-state index contributed by atoms with van der Waals surface area (Å²) >= 11 is 1.07. The van der Waals surface area contributed by atoms with E-state index in [-0.39, 0.29) is 22.7 Å². The van der Waals surface area contributed by atoms with Crippen LogP contribution in [-0.4, -0.2) is 28.7 Å². The fraction of sp³-hybridized carbons (Fsp3) is 0.300. The normalized spacial score (nSPS) is 9.95. The molecule has 19 heavy (non-hydrogen) atoms. The Bertz CT molecular complexity index is 519. The second-order valence-electron chi connectivity index (χ2n) is 3.34. The Morgan fingerprint density at radius 1 is 1.32 bits per heavy atom. The third-order valence-corrected chi connectivity index (χ3v) is 3.21. The van der Waals surface area contributed by atoms with E-state index in [2.05, 4.69) is 4.74 Å². The van der Waals surface area contributed by atoms with Crippen LogP contribution in [0.4, 0.5) is 11.4 Å². The number of non-ortho nitro benzene ring substituents is 1. The number of nitro benzene ring substituents is 2. The van der Waals surface area contributed by atoms with Crippen LogP contribution in [0.2, 0.25) is 0 Å². The first kappa shape index (κ1) is 14.9. The zero-order valence-corrected chi connectivity index (χ0v) is 10.7. The fourth-order valence-electron chi connectivity index (χ4n) is 1.23. The molecular weight excluding hydrogens is 276 g/mol. The molecule has 0 aromatic heterocycles. The molecule has 0 amide bonds. The third-order valence-electron chi connectivity index (χ3n) is 2.14. The zero-order chi connectivity index (χ0) is 14.4. The maximum atomic E-state index is 10.9. The van der Waals surface area contributed by atoms with Gasteiger partial charge in [-0.1, -0.05) is 0 Å². The highest BCUT2D eigenvalue weighted by atomic mass is 32.2. The van der Waals surface area contributed by atoms with Crippen molar-refractivity contribution < 1.29 is 19.4 Å². The van der Waals surface area contributed by atoms with Gasteiger partial charge >= 0.3 is 5.97 Å². The summed E-state index contributed by atoms with van der Waals surface area (Å²) in [6.07, 6.45) is 0.106. The molecule has 0 aliphatic carbocycles. The first-order chi connectivity index (χ1) is 8.95. The molecule has 0 saturated carbocycles. The molecule has 0 fully saturated rings. The van der Waals surface area contributed by atoms with E-state index in [1.165, 1.54) is 19.2 Å². The third kappa shape index (κ3) is 4.21. The number of ether oxygens (including phenoxy) is 1. The molecule has 8 nitrogen and oxygen atoms in total. The summed E-state index contributed by atoms with van der Waals surface area (Å²) < 4.78 is 4.44. The monoisotopic (exact) mass is 286 g/mol. The summed E-state index contributed by atoms with van der Waals surface area (Å²) in [6, 6.07) is 3.40. The van der Waals surface area contributed by atoms with Crippen molar-refractivity contribution in [3.8, 4) is 0 Å². The molecule has 1 aromatic carbocycles. The van der Waals surface area contributed by atoms with Crippen LogP contribution in [0.15, 0.2) is 23.1 Å². The van der Waals surface area contributed by atoms with Crippen LogP contribution >= 0.6 is 11.8 Å². The number of benzene rings is 1. The van der Waals surface area contributed by atoms with Gasteiger partial charge in [0.05, 0.1) is 34.3 Å². The molecule has 1 rings (SSSR count). The van der Waals surface area contributed by atoms with Crippen LogP contribution in [0.25, 0.3) is 0 Å². The summed E-state index contributed by atoms with van der Waals surface area (Å²) in [7, 11) is 1.25. The minimum absolute atomic E-state index is 0.106. The molecular formula is C10H10N2O6S. The number of thioether (sulfide) groups is 1. The Morgan fingerprint density at radius 2 is 2.00 bits per heavy atom. The highest BCUT2D eigenvalue weighted by Crippen LogP contribution is 2.32. The Morgan fingerprint density at radius 3 is 2.53 bits per heavy atom. The Balaban J connectivity index is 2.85. The molecule has 1 aromatic rings. The number of methoxy groups -OCH3 is 1. The van der Waals surface area contributed by atoms with E-state index in [0.717, 1.165) is 17.8 Å². The number of esters is 1. The van der Waals surface area contributed by atoms with Crippen molar-refractivity contribution in [2.24, 2.45) is 0 Å². The van der Waals surface area contributed by atoms with Crippen LogP contribution in [-0.2, 0) is 9.53 Å². The maximum absolute atomic E-state index is 10.9. The molecule has 0 aliphatic heterocycles. The number of hydrogen-bond donors (Lipinski definition) is 0. The van der Waals surface area contributed by atoms with E-state index in [1.807, 2.05) is 0 Å². The summed E-state index contributed by atoms with van der Waals surface area (Å²) in [5.74, 6) is -0.122. The van der Waals surface area contributed by atoms with Crippen molar-refractivity contribution in [1.82, 2.24) is 0 Å². The molecule has 0 bridgehead atoms. The van der Waals surface area contributed by atoms with Crippen LogP contribution in [0, 0.1) is 20.2 Å². The quantitative estimate of drug-likeness (QED) is 0.340. The van der Waals surface area contributed by atoms with Crippen LogP contribution in [0.5, 0.6) is 0 Å². The van der Waals surface area contributed by atoms with E-state index in [0.29, 0.717) is 5.75 Å².